The number of hydrogen-bond acceptors (Lipinski definition) is 3. The minimum absolute atomic E-state index is 0.00851. The SMILES string of the molecule is CC(N)C(c1ccccc1Cl)N(CCCO)C1CCC1. The molecule has 1 fully saturated rings. The zero-order valence-electron chi connectivity index (χ0n) is 12.1. The lowest BCUT2D eigenvalue weighted by Gasteiger charge is -2.44. The van der Waals surface area contributed by atoms with E-state index in [0.717, 1.165) is 23.6 Å². The van der Waals surface area contributed by atoms with E-state index in [1.54, 1.807) is 0 Å². The number of aliphatic hydroxyl groups is 1. The van der Waals surface area contributed by atoms with Gasteiger partial charge in [0, 0.05) is 30.3 Å². The molecule has 1 aliphatic carbocycles. The number of halogens is 1. The van der Waals surface area contributed by atoms with Crippen LogP contribution in [-0.2, 0) is 0 Å². The van der Waals surface area contributed by atoms with Gasteiger partial charge in [-0.25, -0.2) is 0 Å². The number of hydrogen-bond donors (Lipinski definition) is 2. The lowest BCUT2D eigenvalue weighted by atomic mass is 9.87. The Bertz CT molecular complexity index is 421. The maximum absolute atomic E-state index is 9.15. The molecule has 0 aliphatic heterocycles. The molecule has 0 bridgehead atoms. The van der Waals surface area contributed by atoms with Gasteiger partial charge in [0.25, 0.3) is 0 Å². The summed E-state index contributed by atoms with van der Waals surface area (Å²) in [6.45, 7) is 3.13. The Morgan fingerprint density at radius 2 is 2.10 bits per heavy atom. The van der Waals surface area contributed by atoms with Crippen LogP contribution in [0.1, 0.15) is 44.2 Å². The van der Waals surface area contributed by atoms with E-state index >= 15 is 0 Å². The third kappa shape index (κ3) is 3.53. The molecule has 0 radical (unpaired) electrons. The third-order valence-electron chi connectivity index (χ3n) is 4.20. The lowest BCUT2D eigenvalue weighted by molar-refractivity contribution is 0.0613. The number of aliphatic hydroxyl groups excluding tert-OH is 1. The van der Waals surface area contributed by atoms with Crippen molar-refractivity contribution in [2.24, 2.45) is 5.73 Å². The fourth-order valence-corrected chi connectivity index (χ4v) is 3.25. The predicted octanol–water partition coefficient (Wildman–Crippen LogP) is 2.97. The Hall–Kier alpha value is -0.610. The molecule has 2 rings (SSSR count). The third-order valence-corrected chi connectivity index (χ3v) is 4.54. The Labute approximate surface area is 126 Å². The van der Waals surface area contributed by atoms with Gasteiger partial charge in [-0.05, 0) is 37.8 Å². The highest BCUT2D eigenvalue weighted by Gasteiger charge is 2.33. The van der Waals surface area contributed by atoms with E-state index in [-0.39, 0.29) is 18.7 Å². The van der Waals surface area contributed by atoms with Gasteiger partial charge >= 0.3 is 0 Å². The minimum atomic E-state index is 0.00851. The average molecular weight is 297 g/mol. The fraction of sp³-hybridized carbons (Fsp3) is 0.625. The molecular weight excluding hydrogens is 272 g/mol. The van der Waals surface area contributed by atoms with Crippen LogP contribution in [0.2, 0.25) is 5.02 Å². The van der Waals surface area contributed by atoms with Crippen LogP contribution in [0.5, 0.6) is 0 Å². The van der Waals surface area contributed by atoms with Crippen LogP contribution in [0, 0.1) is 0 Å². The topological polar surface area (TPSA) is 49.5 Å². The number of benzene rings is 1. The summed E-state index contributed by atoms with van der Waals surface area (Å²) in [5.74, 6) is 0. The van der Waals surface area contributed by atoms with E-state index in [0.29, 0.717) is 6.04 Å². The summed E-state index contributed by atoms with van der Waals surface area (Å²) in [5, 5.41) is 9.93. The summed E-state index contributed by atoms with van der Waals surface area (Å²) < 4.78 is 0. The van der Waals surface area contributed by atoms with Gasteiger partial charge in [0.05, 0.1) is 6.04 Å². The molecule has 1 aromatic carbocycles. The summed E-state index contributed by atoms with van der Waals surface area (Å²) in [6, 6.07) is 8.68. The first-order valence-corrected chi connectivity index (χ1v) is 7.89. The van der Waals surface area contributed by atoms with Crippen molar-refractivity contribution in [3.63, 3.8) is 0 Å². The standard InChI is InChI=1S/C16H25ClN2O/c1-12(18)16(14-8-2-3-9-15(14)17)19(10-5-11-20)13-6-4-7-13/h2-3,8-9,12-13,16,20H,4-7,10-11,18H2,1H3. The molecule has 20 heavy (non-hydrogen) atoms. The Balaban J connectivity index is 2.26. The van der Waals surface area contributed by atoms with Crippen molar-refractivity contribution in [3.8, 4) is 0 Å². The maximum Gasteiger partial charge on any atom is 0.0514 e. The molecule has 4 heteroatoms. The van der Waals surface area contributed by atoms with Crippen LogP contribution in [0.15, 0.2) is 24.3 Å². The highest BCUT2D eigenvalue weighted by atomic mass is 35.5. The van der Waals surface area contributed by atoms with Crippen molar-refractivity contribution in [2.45, 2.75) is 50.7 Å². The van der Waals surface area contributed by atoms with E-state index in [1.165, 1.54) is 19.3 Å². The monoisotopic (exact) mass is 296 g/mol. The van der Waals surface area contributed by atoms with Gasteiger partial charge in [0.2, 0.25) is 0 Å². The highest BCUT2D eigenvalue weighted by Crippen LogP contribution is 2.36. The van der Waals surface area contributed by atoms with E-state index in [1.807, 2.05) is 25.1 Å². The zero-order chi connectivity index (χ0) is 14.5. The zero-order valence-corrected chi connectivity index (χ0v) is 12.9. The smallest absolute Gasteiger partial charge is 0.0514 e. The van der Waals surface area contributed by atoms with Gasteiger partial charge in [0.1, 0.15) is 0 Å². The van der Waals surface area contributed by atoms with Crippen LogP contribution in [0.4, 0.5) is 0 Å². The molecule has 2 atom stereocenters. The van der Waals surface area contributed by atoms with E-state index in [4.69, 9.17) is 22.4 Å². The van der Waals surface area contributed by atoms with Crippen LogP contribution in [0.3, 0.4) is 0 Å². The largest absolute Gasteiger partial charge is 0.396 e. The van der Waals surface area contributed by atoms with E-state index < -0.39 is 0 Å². The van der Waals surface area contributed by atoms with Crippen molar-refractivity contribution in [1.29, 1.82) is 0 Å². The first-order chi connectivity index (χ1) is 9.65. The summed E-state index contributed by atoms with van der Waals surface area (Å²) in [4.78, 5) is 2.45. The van der Waals surface area contributed by atoms with E-state index in [2.05, 4.69) is 11.0 Å². The average Bonchev–Trinajstić information content (AvgIpc) is 2.35. The molecular formula is C16H25ClN2O. The van der Waals surface area contributed by atoms with E-state index in [9.17, 15) is 0 Å². The number of nitrogens with zero attached hydrogens (tertiary/aromatic N) is 1. The van der Waals surface area contributed by atoms with Gasteiger partial charge in [-0.1, -0.05) is 36.2 Å². The molecule has 0 amide bonds. The van der Waals surface area contributed by atoms with Crippen LogP contribution < -0.4 is 5.73 Å². The van der Waals surface area contributed by atoms with Gasteiger partial charge in [-0.15, -0.1) is 0 Å². The molecule has 3 N–H and O–H groups in total. The molecule has 112 valence electrons. The summed E-state index contributed by atoms with van der Waals surface area (Å²) in [7, 11) is 0. The molecule has 1 aromatic rings. The maximum atomic E-state index is 9.15. The second-order valence-corrected chi connectivity index (χ2v) is 6.13. The Morgan fingerprint density at radius 3 is 2.60 bits per heavy atom. The van der Waals surface area contributed by atoms with Gasteiger partial charge in [-0.3, -0.25) is 4.90 Å². The minimum Gasteiger partial charge on any atom is -0.396 e. The lowest BCUT2D eigenvalue weighted by Crippen LogP contribution is -2.48. The van der Waals surface area contributed by atoms with Crippen molar-refractivity contribution in [3.05, 3.63) is 34.9 Å². The molecule has 2 unspecified atom stereocenters. The van der Waals surface area contributed by atoms with Gasteiger partial charge < -0.3 is 10.8 Å². The molecule has 0 heterocycles. The second kappa shape index (κ2) is 7.41. The molecule has 0 saturated heterocycles. The van der Waals surface area contributed by atoms with Crippen LogP contribution in [0.25, 0.3) is 0 Å². The summed E-state index contributed by atoms with van der Waals surface area (Å²) >= 11 is 6.38. The molecule has 0 spiro atoms. The molecule has 1 saturated carbocycles. The first kappa shape index (κ1) is 15.8. The van der Waals surface area contributed by atoms with Crippen LogP contribution in [-0.4, -0.2) is 35.2 Å². The van der Waals surface area contributed by atoms with Gasteiger partial charge in [-0.2, -0.15) is 0 Å². The van der Waals surface area contributed by atoms with Crippen molar-refractivity contribution < 1.29 is 5.11 Å². The second-order valence-electron chi connectivity index (χ2n) is 5.73. The van der Waals surface area contributed by atoms with Gasteiger partial charge in [0.15, 0.2) is 0 Å². The fourth-order valence-electron chi connectivity index (χ4n) is 3.00. The Morgan fingerprint density at radius 1 is 1.40 bits per heavy atom. The number of rotatable bonds is 7. The normalized spacial score (nSPS) is 18.9. The summed E-state index contributed by atoms with van der Waals surface area (Å²) in [6.07, 6.45) is 4.51. The predicted molar refractivity (Wildman–Crippen MR) is 83.9 cm³/mol. The summed E-state index contributed by atoms with van der Waals surface area (Å²) in [5.41, 5.74) is 7.37. The first-order valence-electron chi connectivity index (χ1n) is 7.51. The molecule has 1 aliphatic rings. The quantitative estimate of drug-likeness (QED) is 0.813. The molecule has 3 nitrogen and oxygen atoms in total. The highest BCUT2D eigenvalue weighted by molar-refractivity contribution is 6.31. The van der Waals surface area contributed by atoms with Crippen molar-refractivity contribution >= 4 is 11.6 Å². The Kier molecular flexibility index (Phi) is 5.85. The van der Waals surface area contributed by atoms with Crippen molar-refractivity contribution in [2.75, 3.05) is 13.2 Å². The van der Waals surface area contributed by atoms with Crippen molar-refractivity contribution in [1.82, 2.24) is 4.90 Å². The van der Waals surface area contributed by atoms with Crippen LogP contribution >= 0.6 is 11.6 Å². The molecule has 0 aromatic heterocycles. The number of nitrogens with two attached hydrogens (primary N) is 1.